The predicted molar refractivity (Wildman–Crippen MR) is 43.5 cm³/mol. The van der Waals surface area contributed by atoms with E-state index in [-0.39, 0.29) is 12.7 Å². The lowest BCUT2D eigenvalue weighted by atomic mass is 10.5. The van der Waals surface area contributed by atoms with Gasteiger partial charge in [-0.25, -0.2) is 9.97 Å². The highest BCUT2D eigenvalue weighted by Crippen LogP contribution is 2.11. The van der Waals surface area contributed by atoms with Gasteiger partial charge in [0, 0.05) is 0 Å². The van der Waals surface area contributed by atoms with E-state index in [9.17, 15) is 0 Å². The third kappa shape index (κ3) is 2.12. The Kier molecular flexibility index (Phi) is 3.61. The number of halogens is 2. The van der Waals surface area contributed by atoms with Gasteiger partial charge in [0.1, 0.15) is 0 Å². The van der Waals surface area contributed by atoms with Gasteiger partial charge < -0.3 is 0 Å². The zero-order valence-corrected chi connectivity index (χ0v) is 6.24. The van der Waals surface area contributed by atoms with Crippen molar-refractivity contribution in [2.45, 2.75) is 14.4 Å². The van der Waals surface area contributed by atoms with Crippen molar-refractivity contribution in [2.75, 3.05) is 0 Å². The Morgan fingerprint density at radius 3 is 2.40 bits per heavy atom. The maximum Gasteiger partial charge on any atom is 0.222 e. The molecule has 1 rings (SSSR count). The average molecular weight is 179 g/mol. The summed E-state index contributed by atoms with van der Waals surface area (Å²) >= 11 is 11.0. The lowest BCUT2D eigenvalue weighted by Crippen LogP contribution is -1.85. The molecular formula is C6H8Cl2N2. The summed E-state index contributed by atoms with van der Waals surface area (Å²) in [6.07, 6.45) is 1.48. The van der Waals surface area contributed by atoms with Crippen molar-refractivity contribution in [2.24, 2.45) is 0 Å². The maximum atomic E-state index is 5.60. The van der Waals surface area contributed by atoms with Gasteiger partial charge >= 0.3 is 0 Å². The smallest absolute Gasteiger partial charge is 0.222 e. The van der Waals surface area contributed by atoms with E-state index in [1.807, 2.05) is 0 Å². The van der Waals surface area contributed by atoms with Crippen LogP contribution < -0.4 is 0 Å². The molecule has 0 N–H and O–H groups in total. The number of aryl methyl sites for hydroxylation is 1. The summed E-state index contributed by atoms with van der Waals surface area (Å²) in [5, 5.41) is 0.774. The number of hydrogen-bond donors (Lipinski definition) is 0. The minimum Gasteiger partial charge on any atom is -0.225 e. The number of rotatable bonds is 0. The summed E-state index contributed by atoms with van der Waals surface area (Å²) in [7, 11) is 0. The van der Waals surface area contributed by atoms with Gasteiger partial charge in [0.15, 0.2) is 0 Å². The third-order valence-electron chi connectivity index (χ3n) is 0.890. The minimum atomic E-state index is 0. The molecule has 1 aromatic rings. The van der Waals surface area contributed by atoms with Crippen molar-refractivity contribution < 1.29 is 0 Å². The molecule has 0 amide bonds. The Labute approximate surface area is 70.2 Å². The van der Waals surface area contributed by atoms with Crippen LogP contribution in [0.1, 0.15) is 13.1 Å². The van der Waals surface area contributed by atoms with E-state index in [1.54, 1.807) is 6.92 Å². The van der Waals surface area contributed by atoms with Crippen molar-refractivity contribution in [3.8, 4) is 0 Å². The van der Waals surface area contributed by atoms with Crippen LogP contribution in [-0.4, -0.2) is 9.97 Å². The van der Waals surface area contributed by atoms with Crippen LogP contribution in [0, 0.1) is 6.92 Å². The quantitative estimate of drug-likeness (QED) is 0.572. The molecule has 56 valence electrons. The van der Waals surface area contributed by atoms with Crippen molar-refractivity contribution in [3.63, 3.8) is 0 Å². The summed E-state index contributed by atoms with van der Waals surface area (Å²) < 4.78 is 0. The van der Waals surface area contributed by atoms with Gasteiger partial charge in [0.25, 0.3) is 0 Å². The lowest BCUT2D eigenvalue weighted by Gasteiger charge is -1.92. The molecular weight excluding hydrogens is 171 g/mol. The number of aromatic nitrogens is 2. The Bertz CT molecular complexity index is 225. The molecule has 0 atom stereocenters. The van der Waals surface area contributed by atoms with Crippen LogP contribution in [0.2, 0.25) is 10.3 Å². The Balaban J connectivity index is 0.000000810. The van der Waals surface area contributed by atoms with Crippen LogP contribution in [0.3, 0.4) is 0 Å². The van der Waals surface area contributed by atoms with Gasteiger partial charge in [0.05, 0.1) is 16.9 Å². The predicted octanol–water partition coefficient (Wildman–Crippen LogP) is 2.73. The second-order valence-corrected chi connectivity index (χ2v) is 2.32. The van der Waals surface area contributed by atoms with Crippen molar-refractivity contribution in [3.05, 3.63) is 22.2 Å². The first-order valence-electron chi connectivity index (χ1n) is 2.35. The summed E-state index contributed by atoms with van der Waals surface area (Å²) in [6, 6.07) is 0. The molecule has 1 aromatic heterocycles. The van der Waals surface area contributed by atoms with Crippen molar-refractivity contribution in [1.29, 1.82) is 0 Å². The first kappa shape index (κ1) is 9.66. The van der Waals surface area contributed by atoms with Gasteiger partial charge in [-0.3, -0.25) is 0 Å². The van der Waals surface area contributed by atoms with Gasteiger partial charge in [-0.1, -0.05) is 19.0 Å². The summed E-state index contributed by atoms with van der Waals surface area (Å²) in [5.41, 5.74) is 0.705. The molecule has 0 aliphatic heterocycles. The highest BCUT2D eigenvalue weighted by molar-refractivity contribution is 6.31. The molecule has 0 aliphatic carbocycles. The van der Waals surface area contributed by atoms with Crippen molar-refractivity contribution >= 4 is 23.2 Å². The molecule has 0 radical (unpaired) electrons. The average Bonchev–Trinajstić information content (AvgIpc) is 1.80. The second kappa shape index (κ2) is 3.74. The number of hydrogen-bond acceptors (Lipinski definition) is 2. The van der Waals surface area contributed by atoms with Crippen LogP contribution >= 0.6 is 23.2 Å². The third-order valence-corrected chi connectivity index (χ3v) is 1.44. The summed E-state index contributed by atoms with van der Waals surface area (Å²) in [4.78, 5) is 7.46. The number of nitrogens with zero attached hydrogens (tertiary/aromatic N) is 2. The molecule has 0 saturated carbocycles. The molecule has 10 heavy (non-hydrogen) atoms. The first-order valence-corrected chi connectivity index (χ1v) is 3.10. The minimum absolute atomic E-state index is 0. The molecule has 4 heteroatoms. The Morgan fingerprint density at radius 1 is 1.40 bits per heavy atom. The summed E-state index contributed by atoms with van der Waals surface area (Å²) in [5.74, 6) is 0. The van der Waals surface area contributed by atoms with E-state index in [0.717, 1.165) is 0 Å². The van der Waals surface area contributed by atoms with Crippen LogP contribution in [0.25, 0.3) is 0 Å². The van der Waals surface area contributed by atoms with E-state index in [4.69, 9.17) is 23.2 Å². The maximum absolute atomic E-state index is 5.60. The molecule has 0 aliphatic rings. The summed E-state index contributed by atoms with van der Waals surface area (Å²) in [6.45, 7) is 1.77. The van der Waals surface area contributed by atoms with Crippen LogP contribution in [0.5, 0.6) is 0 Å². The SMILES string of the molecule is C.Cc1nc(Cl)ncc1Cl. The zero-order chi connectivity index (χ0) is 6.85. The molecule has 0 aromatic carbocycles. The van der Waals surface area contributed by atoms with E-state index >= 15 is 0 Å². The van der Waals surface area contributed by atoms with Gasteiger partial charge in [0.2, 0.25) is 5.28 Å². The van der Waals surface area contributed by atoms with E-state index in [1.165, 1.54) is 6.20 Å². The van der Waals surface area contributed by atoms with Crippen molar-refractivity contribution in [1.82, 2.24) is 9.97 Å². The van der Waals surface area contributed by atoms with Crippen LogP contribution in [-0.2, 0) is 0 Å². The second-order valence-electron chi connectivity index (χ2n) is 1.57. The van der Waals surface area contributed by atoms with Gasteiger partial charge in [-0.15, -0.1) is 0 Å². The largest absolute Gasteiger partial charge is 0.225 e. The normalized spacial score (nSPS) is 8.70. The topological polar surface area (TPSA) is 25.8 Å². The van der Waals surface area contributed by atoms with Crippen LogP contribution in [0.15, 0.2) is 6.20 Å². The highest BCUT2D eigenvalue weighted by atomic mass is 35.5. The molecule has 1 heterocycles. The van der Waals surface area contributed by atoms with Crippen LogP contribution in [0.4, 0.5) is 0 Å². The highest BCUT2D eigenvalue weighted by Gasteiger charge is 1.95. The fourth-order valence-corrected chi connectivity index (χ4v) is 0.691. The Morgan fingerprint density at radius 2 is 2.00 bits per heavy atom. The van der Waals surface area contributed by atoms with E-state index < -0.39 is 0 Å². The molecule has 0 unspecified atom stereocenters. The molecule has 0 spiro atoms. The fourth-order valence-electron chi connectivity index (χ4n) is 0.424. The Hall–Kier alpha value is -0.340. The standard InChI is InChI=1S/C5H4Cl2N2.CH4/c1-3-4(6)2-8-5(7)9-3;/h2H,1H3;1H4. The van der Waals surface area contributed by atoms with Gasteiger partial charge in [-0.05, 0) is 18.5 Å². The monoisotopic (exact) mass is 178 g/mol. The first-order chi connectivity index (χ1) is 4.20. The molecule has 2 nitrogen and oxygen atoms in total. The molecule has 0 bridgehead atoms. The zero-order valence-electron chi connectivity index (χ0n) is 4.73. The van der Waals surface area contributed by atoms with E-state index in [0.29, 0.717) is 10.7 Å². The molecule has 0 saturated heterocycles. The molecule has 0 fully saturated rings. The van der Waals surface area contributed by atoms with E-state index in [2.05, 4.69) is 9.97 Å². The van der Waals surface area contributed by atoms with Gasteiger partial charge in [-0.2, -0.15) is 0 Å². The lowest BCUT2D eigenvalue weighted by molar-refractivity contribution is 1.10. The fraction of sp³-hybridized carbons (Fsp3) is 0.333.